The number of halogens is 1. The Kier molecular flexibility index (Phi) is 6.21. The van der Waals surface area contributed by atoms with Gasteiger partial charge in [0.1, 0.15) is 5.75 Å². The first-order valence-corrected chi connectivity index (χ1v) is 7.73. The van der Waals surface area contributed by atoms with E-state index in [-0.39, 0.29) is 13.2 Å². The Morgan fingerprint density at radius 3 is 2.58 bits per heavy atom. The number of hydrogen-bond acceptors (Lipinski definition) is 4. The van der Waals surface area contributed by atoms with Crippen LogP contribution in [-0.2, 0) is 14.3 Å². The van der Waals surface area contributed by atoms with Gasteiger partial charge >= 0.3 is 5.97 Å². The van der Waals surface area contributed by atoms with Gasteiger partial charge in [0.25, 0.3) is 5.91 Å². The highest BCUT2D eigenvalue weighted by Gasteiger charge is 2.10. The van der Waals surface area contributed by atoms with Gasteiger partial charge in [-0.1, -0.05) is 29.8 Å². The van der Waals surface area contributed by atoms with Crippen molar-refractivity contribution < 1.29 is 19.1 Å². The summed E-state index contributed by atoms with van der Waals surface area (Å²) in [6.07, 6.45) is 0. The largest absolute Gasteiger partial charge is 0.482 e. The summed E-state index contributed by atoms with van der Waals surface area (Å²) in [5, 5.41) is 3.09. The fourth-order valence-electron chi connectivity index (χ4n) is 1.97. The maximum Gasteiger partial charge on any atom is 0.344 e. The zero-order valence-electron chi connectivity index (χ0n) is 13.5. The van der Waals surface area contributed by atoms with E-state index in [0.717, 1.165) is 11.1 Å². The highest BCUT2D eigenvalue weighted by Crippen LogP contribution is 2.20. The fraction of sp³-hybridized carbons (Fsp3) is 0.222. The molecule has 2 rings (SSSR count). The third-order valence-electron chi connectivity index (χ3n) is 3.37. The average molecular weight is 348 g/mol. The van der Waals surface area contributed by atoms with E-state index in [1.165, 1.54) is 0 Å². The lowest BCUT2D eigenvalue weighted by Gasteiger charge is -2.10. The Labute approximate surface area is 145 Å². The van der Waals surface area contributed by atoms with Gasteiger partial charge in [0, 0.05) is 10.7 Å². The van der Waals surface area contributed by atoms with Gasteiger partial charge in [-0.15, -0.1) is 0 Å². The molecular formula is C18H18ClNO4. The van der Waals surface area contributed by atoms with Crippen LogP contribution in [-0.4, -0.2) is 25.1 Å². The van der Waals surface area contributed by atoms with Crippen LogP contribution in [0.3, 0.4) is 0 Å². The van der Waals surface area contributed by atoms with E-state index in [0.29, 0.717) is 16.5 Å². The molecule has 0 heterocycles. The minimum absolute atomic E-state index is 0.255. The highest BCUT2D eigenvalue weighted by molar-refractivity contribution is 6.30. The number of amides is 1. The van der Waals surface area contributed by atoms with Gasteiger partial charge in [-0.3, -0.25) is 4.79 Å². The summed E-state index contributed by atoms with van der Waals surface area (Å²) in [4.78, 5) is 23.4. The Morgan fingerprint density at radius 1 is 1.08 bits per heavy atom. The van der Waals surface area contributed by atoms with Crippen LogP contribution in [0.25, 0.3) is 0 Å². The van der Waals surface area contributed by atoms with Gasteiger partial charge in [-0.25, -0.2) is 4.79 Å². The van der Waals surface area contributed by atoms with E-state index in [4.69, 9.17) is 21.1 Å². The van der Waals surface area contributed by atoms with Crippen molar-refractivity contribution in [1.29, 1.82) is 0 Å². The number of benzene rings is 2. The second-order valence-electron chi connectivity index (χ2n) is 5.21. The SMILES string of the molecule is Cc1cccc(OCC(=O)OCC(=O)Nc2cccc(Cl)c2)c1C. The van der Waals surface area contributed by atoms with Gasteiger partial charge in [0.15, 0.2) is 13.2 Å². The van der Waals surface area contributed by atoms with Crippen molar-refractivity contribution in [3.05, 3.63) is 58.6 Å². The molecule has 24 heavy (non-hydrogen) atoms. The van der Waals surface area contributed by atoms with Crippen molar-refractivity contribution in [2.75, 3.05) is 18.5 Å². The lowest BCUT2D eigenvalue weighted by molar-refractivity contribution is -0.149. The molecule has 0 spiro atoms. The molecule has 0 saturated heterocycles. The molecule has 0 aliphatic heterocycles. The van der Waals surface area contributed by atoms with Crippen LogP contribution in [0.4, 0.5) is 5.69 Å². The first-order chi connectivity index (χ1) is 11.5. The maximum atomic E-state index is 11.7. The number of rotatable bonds is 6. The molecule has 0 radical (unpaired) electrons. The average Bonchev–Trinajstić information content (AvgIpc) is 2.54. The van der Waals surface area contributed by atoms with Gasteiger partial charge in [0.05, 0.1) is 0 Å². The smallest absolute Gasteiger partial charge is 0.344 e. The summed E-state index contributed by atoms with van der Waals surface area (Å²) in [6.45, 7) is 3.23. The van der Waals surface area contributed by atoms with E-state index in [9.17, 15) is 9.59 Å². The first kappa shape index (κ1) is 17.8. The zero-order chi connectivity index (χ0) is 17.5. The highest BCUT2D eigenvalue weighted by atomic mass is 35.5. The van der Waals surface area contributed by atoms with Gasteiger partial charge < -0.3 is 14.8 Å². The molecule has 1 amide bonds. The van der Waals surface area contributed by atoms with Crippen LogP contribution in [0, 0.1) is 13.8 Å². The summed E-state index contributed by atoms with van der Waals surface area (Å²) in [7, 11) is 0. The normalized spacial score (nSPS) is 10.1. The quantitative estimate of drug-likeness (QED) is 0.812. The minimum atomic E-state index is -0.614. The van der Waals surface area contributed by atoms with Crippen molar-refractivity contribution in [3.63, 3.8) is 0 Å². The number of nitrogens with one attached hydrogen (secondary N) is 1. The number of anilines is 1. The Bertz CT molecular complexity index is 746. The fourth-order valence-corrected chi connectivity index (χ4v) is 2.16. The molecule has 126 valence electrons. The van der Waals surface area contributed by atoms with Gasteiger partial charge in [0.2, 0.25) is 0 Å². The Morgan fingerprint density at radius 2 is 1.83 bits per heavy atom. The van der Waals surface area contributed by atoms with E-state index >= 15 is 0 Å². The molecule has 0 unspecified atom stereocenters. The number of esters is 1. The monoisotopic (exact) mass is 347 g/mol. The van der Waals surface area contributed by atoms with E-state index < -0.39 is 11.9 Å². The van der Waals surface area contributed by atoms with Crippen LogP contribution < -0.4 is 10.1 Å². The summed E-state index contributed by atoms with van der Waals surface area (Å²) >= 11 is 5.83. The minimum Gasteiger partial charge on any atom is -0.482 e. The predicted octanol–water partition coefficient (Wildman–Crippen LogP) is 3.52. The molecule has 0 bridgehead atoms. The molecule has 0 atom stereocenters. The van der Waals surface area contributed by atoms with Crippen LogP contribution in [0.1, 0.15) is 11.1 Å². The summed E-state index contributed by atoms with van der Waals surface area (Å²) in [5.41, 5.74) is 2.57. The Balaban J connectivity index is 1.76. The van der Waals surface area contributed by atoms with E-state index in [1.54, 1.807) is 30.3 Å². The lowest BCUT2D eigenvalue weighted by Crippen LogP contribution is -2.23. The number of carbonyl (C=O) groups excluding carboxylic acids is 2. The van der Waals surface area contributed by atoms with Crippen molar-refractivity contribution in [3.8, 4) is 5.75 Å². The van der Waals surface area contributed by atoms with Gasteiger partial charge in [-0.05, 0) is 49.2 Å². The first-order valence-electron chi connectivity index (χ1n) is 7.36. The molecule has 5 nitrogen and oxygen atoms in total. The molecule has 0 aliphatic rings. The molecule has 0 fully saturated rings. The predicted molar refractivity (Wildman–Crippen MR) is 92.5 cm³/mol. The van der Waals surface area contributed by atoms with Crippen LogP contribution in [0.5, 0.6) is 5.75 Å². The van der Waals surface area contributed by atoms with Crippen LogP contribution in [0.2, 0.25) is 5.02 Å². The summed E-state index contributed by atoms with van der Waals surface area (Å²) in [5.74, 6) is -0.440. The second-order valence-corrected chi connectivity index (χ2v) is 5.64. The lowest BCUT2D eigenvalue weighted by atomic mass is 10.1. The molecule has 0 aliphatic carbocycles. The topological polar surface area (TPSA) is 64.6 Å². The third kappa shape index (κ3) is 5.28. The van der Waals surface area contributed by atoms with Crippen molar-refractivity contribution in [2.24, 2.45) is 0 Å². The molecular weight excluding hydrogens is 330 g/mol. The second kappa shape index (κ2) is 8.36. The summed E-state index contributed by atoms with van der Waals surface area (Å²) < 4.78 is 10.3. The van der Waals surface area contributed by atoms with Crippen molar-refractivity contribution in [1.82, 2.24) is 0 Å². The van der Waals surface area contributed by atoms with E-state index in [1.807, 2.05) is 26.0 Å². The third-order valence-corrected chi connectivity index (χ3v) is 3.61. The van der Waals surface area contributed by atoms with Gasteiger partial charge in [-0.2, -0.15) is 0 Å². The number of hydrogen-bond donors (Lipinski definition) is 1. The number of ether oxygens (including phenoxy) is 2. The Hall–Kier alpha value is -2.53. The molecule has 0 saturated carbocycles. The molecule has 2 aromatic carbocycles. The van der Waals surface area contributed by atoms with Crippen molar-refractivity contribution >= 4 is 29.2 Å². The zero-order valence-corrected chi connectivity index (χ0v) is 14.2. The number of aryl methyl sites for hydroxylation is 1. The number of carbonyl (C=O) groups is 2. The van der Waals surface area contributed by atoms with Crippen LogP contribution >= 0.6 is 11.6 Å². The molecule has 0 aromatic heterocycles. The molecule has 6 heteroatoms. The maximum absolute atomic E-state index is 11.7. The summed E-state index contributed by atoms with van der Waals surface area (Å²) in [6, 6.07) is 12.3. The molecule has 1 N–H and O–H groups in total. The molecule has 2 aromatic rings. The standard InChI is InChI=1S/C18H18ClNO4/c1-12-5-3-8-16(13(12)2)23-11-18(22)24-10-17(21)20-15-7-4-6-14(19)9-15/h3-9H,10-11H2,1-2H3,(H,20,21). The van der Waals surface area contributed by atoms with E-state index in [2.05, 4.69) is 5.32 Å². The van der Waals surface area contributed by atoms with Crippen LogP contribution in [0.15, 0.2) is 42.5 Å². The van der Waals surface area contributed by atoms with Crippen molar-refractivity contribution in [2.45, 2.75) is 13.8 Å².